The summed E-state index contributed by atoms with van der Waals surface area (Å²) in [6.45, 7) is 5.73. The Hall–Kier alpha value is -3.35. The summed E-state index contributed by atoms with van der Waals surface area (Å²) >= 11 is 0. The highest BCUT2D eigenvalue weighted by atomic mass is 16.6. The van der Waals surface area contributed by atoms with Gasteiger partial charge in [-0.25, -0.2) is 9.59 Å². The number of carbonyl (C=O) groups is 3. The van der Waals surface area contributed by atoms with E-state index in [-0.39, 0.29) is 18.6 Å². The van der Waals surface area contributed by atoms with Crippen LogP contribution in [0.1, 0.15) is 42.3 Å². The van der Waals surface area contributed by atoms with Crippen LogP contribution >= 0.6 is 0 Å². The van der Waals surface area contributed by atoms with Crippen molar-refractivity contribution in [2.75, 3.05) is 20.3 Å². The van der Waals surface area contributed by atoms with Gasteiger partial charge in [0, 0.05) is 6.54 Å². The molecule has 0 aliphatic carbocycles. The number of benzene rings is 2. The Bertz CT molecular complexity index is 883. The number of rotatable bonds is 8. The predicted molar refractivity (Wildman–Crippen MR) is 111 cm³/mol. The molecule has 0 spiro atoms. The zero-order chi connectivity index (χ0) is 22.1. The average molecular weight is 413 g/mol. The molecule has 0 aliphatic rings. The van der Waals surface area contributed by atoms with E-state index in [9.17, 15) is 14.4 Å². The maximum absolute atomic E-state index is 11.9. The van der Waals surface area contributed by atoms with Crippen LogP contribution in [-0.4, -0.2) is 38.2 Å². The van der Waals surface area contributed by atoms with E-state index in [0.29, 0.717) is 11.3 Å². The van der Waals surface area contributed by atoms with Crippen LogP contribution < -0.4 is 10.1 Å². The molecule has 7 nitrogen and oxygen atoms in total. The van der Waals surface area contributed by atoms with Crippen molar-refractivity contribution in [2.24, 2.45) is 0 Å². The van der Waals surface area contributed by atoms with E-state index in [1.807, 2.05) is 18.2 Å². The first-order valence-corrected chi connectivity index (χ1v) is 9.52. The lowest BCUT2D eigenvalue weighted by molar-refractivity contribution is -0.150. The zero-order valence-electron chi connectivity index (χ0n) is 17.7. The van der Waals surface area contributed by atoms with Gasteiger partial charge < -0.3 is 19.5 Å². The Morgan fingerprint density at radius 1 is 0.933 bits per heavy atom. The first-order chi connectivity index (χ1) is 14.2. The van der Waals surface area contributed by atoms with E-state index in [4.69, 9.17) is 9.47 Å². The summed E-state index contributed by atoms with van der Waals surface area (Å²) in [4.78, 5) is 35.2. The van der Waals surface area contributed by atoms with Crippen molar-refractivity contribution in [1.29, 1.82) is 0 Å². The first kappa shape index (κ1) is 22.9. The van der Waals surface area contributed by atoms with Crippen molar-refractivity contribution in [1.82, 2.24) is 5.32 Å². The van der Waals surface area contributed by atoms with Gasteiger partial charge in [0.2, 0.25) is 0 Å². The molecule has 2 aromatic carbocycles. The van der Waals surface area contributed by atoms with Crippen LogP contribution in [0, 0.1) is 0 Å². The van der Waals surface area contributed by atoms with Crippen molar-refractivity contribution in [3.63, 3.8) is 0 Å². The lowest BCUT2D eigenvalue weighted by Gasteiger charge is -2.22. The van der Waals surface area contributed by atoms with E-state index in [1.165, 1.54) is 7.11 Å². The molecular weight excluding hydrogens is 386 g/mol. The van der Waals surface area contributed by atoms with Gasteiger partial charge in [0.1, 0.15) is 5.75 Å². The van der Waals surface area contributed by atoms with Gasteiger partial charge in [-0.15, -0.1) is 0 Å². The summed E-state index contributed by atoms with van der Waals surface area (Å²) in [5.41, 5.74) is 2.07. The van der Waals surface area contributed by atoms with E-state index in [2.05, 4.69) is 30.8 Å². The van der Waals surface area contributed by atoms with Crippen molar-refractivity contribution in [2.45, 2.75) is 32.7 Å². The van der Waals surface area contributed by atoms with Gasteiger partial charge in [-0.05, 0) is 34.7 Å². The normalized spacial score (nSPS) is 10.8. The van der Waals surface area contributed by atoms with E-state index < -0.39 is 24.5 Å². The molecule has 160 valence electrons. The van der Waals surface area contributed by atoms with Crippen LogP contribution in [0.5, 0.6) is 5.75 Å². The minimum atomic E-state index is -0.628. The molecule has 0 aliphatic heterocycles. The minimum Gasteiger partial charge on any atom is -0.482 e. The summed E-state index contributed by atoms with van der Waals surface area (Å²) in [6.07, 6.45) is 0. The molecule has 1 amide bonds. The van der Waals surface area contributed by atoms with Gasteiger partial charge in [0.15, 0.2) is 13.2 Å². The van der Waals surface area contributed by atoms with Gasteiger partial charge in [0.05, 0.1) is 12.7 Å². The molecule has 0 bridgehead atoms. The van der Waals surface area contributed by atoms with Crippen LogP contribution in [0.3, 0.4) is 0 Å². The third-order valence-corrected chi connectivity index (χ3v) is 4.27. The SMILES string of the molecule is COC(=O)c1ccc(CNC(=O)COC(=O)COc2ccccc2C(C)(C)C)cc1. The second kappa shape index (κ2) is 10.4. The summed E-state index contributed by atoms with van der Waals surface area (Å²) in [6, 6.07) is 14.1. The molecule has 0 aromatic heterocycles. The topological polar surface area (TPSA) is 90.9 Å². The zero-order valence-corrected chi connectivity index (χ0v) is 17.7. The molecule has 2 aromatic rings. The number of carbonyl (C=O) groups excluding carboxylic acids is 3. The molecule has 0 saturated heterocycles. The Morgan fingerprint density at radius 2 is 1.60 bits per heavy atom. The fraction of sp³-hybridized carbons (Fsp3) is 0.348. The molecule has 0 unspecified atom stereocenters. The van der Waals surface area contributed by atoms with Crippen LogP contribution in [-0.2, 0) is 31.0 Å². The first-order valence-electron chi connectivity index (χ1n) is 9.52. The summed E-state index contributed by atoms with van der Waals surface area (Å²) in [5.74, 6) is -0.876. The van der Waals surface area contributed by atoms with Gasteiger partial charge >= 0.3 is 11.9 Å². The molecule has 0 saturated carbocycles. The fourth-order valence-corrected chi connectivity index (χ4v) is 2.66. The number of methoxy groups -OCH3 is 1. The molecule has 0 radical (unpaired) electrons. The fourth-order valence-electron chi connectivity index (χ4n) is 2.66. The largest absolute Gasteiger partial charge is 0.482 e. The Balaban J connectivity index is 1.75. The number of hydrogen-bond acceptors (Lipinski definition) is 6. The van der Waals surface area contributed by atoms with Gasteiger partial charge in [-0.1, -0.05) is 51.1 Å². The monoisotopic (exact) mass is 413 g/mol. The van der Waals surface area contributed by atoms with Gasteiger partial charge in [-0.3, -0.25) is 4.79 Å². The van der Waals surface area contributed by atoms with Crippen LogP contribution in [0.2, 0.25) is 0 Å². The number of ether oxygens (including phenoxy) is 3. The van der Waals surface area contributed by atoms with E-state index >= 15 is 0 Å². The third kappa shape index (κ3) is 6.92. The summed E-state index contributed by atoms with van der Waals surface area (Å²) in [5, 5.41) is 2.65. The number of esters is 2. The van der Waals surface area contributed by atoms with Crippen molar-refractivity contribution >= 4 is 17.8 Å². The highest BCUT2D eigenvalue weighted by Crippen LogP contribution is 2.30. The highest BCUT2D eigenvalue weighted by molar-refractivity contribution is 5.89. The Labute approximate surface area is 176 Å². The molecule has 1 N–H and O–H groups in total. The highest BCUT2D eigenvalue weighted by Gasteiger charge is 2.19. The van der Waals surface area contributed by atoms with Crippen LogP contribution in [0.15, 0.2) is 48.5 Å². The van der Waals surface area contributed by atoms with Gasteiger partial charge in [-0.2, -0.15) is 0 Å². The summed E-state index contributed by atoms with van der Waals surface area (Å²) in [7, 11) is 1.31. The molecule has 0 atom stereocenters. The maximum Gasteiger partial charge on any atom is 0.344 e. The summed E-state index contributed by atoms with van der Waals surface area (Å²) < 4.78 is 15.2. The number of para-hydroxylation sites is 1. The molecule has 30 heavy (non-hydrogen) atoms. The van der Waals surface area contributed by atoms with E-state index in [0.717, 1.165) is 11.1 Å². The second-order valence-electron chi connectivity index (χ2n) is 7.66. The van der Waals surface area contributed by atoms with Crippen molar-refractivity contribution < 1.29 is 28.6 Å². The van der Waals surface area contributed by atoms with Crippen molar-refractivity contribution in [3.05, 3.63) is 65.2 Å². The lowest BCUT2D eigenvalue weighted by atomic mass is 9.86. The second-order valence-corrected chi connectivity index (χ2v) is 7.66. The van der Waals surface area contributed by atoms with Crippen molar-refractivity contribution in [3.8, 4) is 5.75 Å². The predicted octanol–water partition coefficient (Wildman–Crippen LogP) is 3.01. The minimum absolute atomic E-state index is 0.130. The number of nitrogens with one attached hydrogen (secondary N) is 1. The Kier molecular flexibility index (Phi) is 7.98. The Morgan fingerprint density at radius 3 is 2.23 bits per heavy atom. The number of hydrogen-bond donors (Lipinski definition) is 1. The molecule has 7 heteroatoms. The van der Waals surface area contributed by atoms with Gasteiger partial charge in [0.25, 0.3) is 5.91 Å². The molecular formula is C23H27NO6. The standard InChI is InChI=1S/C23H27NO6/c1-23(2,3)18-7-5-6-8-19(18)29-15-21(26)30-14-20(25)24-13-16-9-11-17(12-10-16)22(27)28-4/h5-12H,13-15H2,1-4H3,(H,24,25). The maximum atomic E-state index is 11.9. The van der Waals surface area contributed by atoms with Crippen LogP contribution in [0.25, 0.3) is 0 Å². The molecule has 2 rings (SSSR count). The van der Waals surface area contributed by atoms with Crippen LogP contribution in [0.4, 0.5) is 0 Å². The smallest absolute Gasteiger partial charge is 0.344 e. The quantitative estimate of drug-likeness (QED) is 0.669. The lowest BCUT2D eigenvalue weighted by Crippen LogP contribution is -2.29. The average Bonchev–Trinajstić information content (AvgIpc) is 2.74. The molecule has 0 heterocycles. The third-order valence-electron chi connectivity index (χ3n) is 4.27. The van der Waals surface area contributed by atoms with E-state index in [1.54, 1.807) is 30.3 Å². The number of amides is 1. The molecule has 0 fully saturated rings.